The number of carbonyl (C=O) groups is 2. The molecular weight excluding hydrogens is 392 g/mol. The average Bonchev–Trinajstić information content (AvgIpc) is 3.22. The lowest BCUT2D eigenvalue weighted by molar-refractivity contribution is -0.126. The fourth-order valence-corrected chi connectivity index (χ4v) is 3.73. The van der Waals surface area contributed by atoms with E-state index < -0.39 is 0 Å². The van der Waals surface area contributed by atoms with Crippen molar-refractivity contribution in [1.29, 1.82) is 0 Å². The van der Waals surface area contributed by atoms with Crippen LogP contribution in [0.4, 0.5) is 0 Å². The Morgan fingerprint density at radius 1 is 1.10 bits per heavy atom. The second kappa shape index (κ2) is 8.57. The van der Waals surface area contributed by atoms with Crippen LogP contribution in [-0.2, 0) is 4.79 Å². The third-order valence-corrected chi connectivity index (χ3v) is 5.33. The topological polar surface area (TPSA) is 67.9 Å². The number of hydrogen-bond acceptors (Lipinski definition) is 4. The van der Waals surface area contributed by atoms with E-state index in [4.69, 9.17) is 21.1 Å². The zero-order valence-corrected chi connectivity index (χ0v) is 16.5. The Hall–Kier alpha value is -2.99. The van der Waals surface area contributed by atoms with E-state index in [2.05, 4.69) is 5.32 Å². The summed E-state index contributed by atoms with van der Waals surface area (Å²) >= 11 is 6.17. The summed E-state index contributed by atoms with van der Waals surface area (Å²) in [5, 5.41) is 3.51. The Morgan fingerprint density at radius 3 is 2.62 bits per heavy atom. The van der Waals surface area contributed by atoms with E-state index >= 15 is 0 Å². The van der Waals surface area contributed by atoms with E-state index in [1.165, 1.54) is 6.08 Å². The molecule has 0 unspecified atom stereocenters. The van der Waals surface area contributed by atoms with Crippen LogP contribution in [0.3, 0.4) is 0 Å². The van der Waals surface area contributed by atoms with Crippen LogP contribution in [-0.4, -0.2) is 42.6 Å². The van der Waals surface area contributed by atoms with Crippen LogP contribution in [0.15, 0.2) is 48.5 Å². The molecule has 1 fully saturated rings. The van der Waals surface area contributed by atoms with E-state index in [0.29, 0.717) is 35.2 Å². The van der Waals surface area contributed by atoms with E-state index in [1.54, 1.807) is 35.2 Å². The lowest BCUT2D eigenvalue weighted by Crippen LogP contribution is -2.46. The number of piperidine rings is 1. The summed E-state index contributed by atoms with van der Waals surface area (Å²) in [4.78, 5) is 26.6. The summed E-state index contributed by atoms with van der Waals surface area (Å²) in [5.74, 6) is 0.982. The summed E-state index contributed by atoms with van der Waals surface area (Å²) in [6.07, 6.45) is 4.72. The first kappa shape index (κ1) is 19.3. The molecule has 2 aromatic carbocycles. The molecule has 1 N–H and O–H groups in total. The van der Waals surface area contributed by atoms with Crippen molar-refractivity contribution in [2.45, 2.75) is 18.9 Å². The summed E-state index contributed by atoms with van der Waals surface area (Å²) in [6, 6.07) is 12.8. The summed E-state index contributed by atoms with van der Waals surface area (Å²) in [5.41, 5.74) is 1.42. The van der Waals surface area contributed by atoms with E-state index in [9.17, 15) is 9.59 Å². The Bertz CT molecular complexity index is 937. The molecule has 0 aromatic heterocycles. The van der Waals surface area contributed by atoms with Crippen LogP contribution in [0, 0.1) is 0 Å². The molecule has 0 bridgehead atoms. The van der Waals surface area contributed by atoms with Crippen LogP contribution < -0.4 is 14.8 Å². The minimum atomic E-state index is -0.0741. The van der Waals surface area contributed by atoms with Gasteiger partial charge in [0, 0.05) is 30.8 Å². The molecule has 2 heterocycles. The Morgan fingerprint density at radius 2 is 1.86 bits per heavy atom. The van der Waals surface area contributed by atoms with E-state index in [-0.39, 0.29) is 24.6 Å². The number of carbonyl (C=O) groups excluding carboxylic acids is 2. The standard InChI is InChI=1S/C22H21ClN2O4/c23-18-12-15(13-19-21(18)29-14-28-19)6-7-20(26)25-10-8-17(9-11-25)24-22(27)16-4-2-1-3-5-16/h1-7,12-13,17H,8-11,14H2,(H,24,27)/b7-6+. The Labute approximate surface area is 174 Å². The highest BCUT2D eigenvalue weighted by Crippen LogP contribution is 2.40. The van der Waals surface area contributed by atoms with Crippen LogP contribution >= 0.6 is 11.6 Å². The van der Waals surface area contributed by atoms with Gasteiger partial charge in [0.05, 0.1) is 5.02 Å². The number of fused-ring (bicyclic) bond motifs is 1. The van der Waals surface area contributed by atoms with Gasteiger partial charge in [-0.1, -0.05) is 29.8 Å². The van der Waals surface area contributed by atoms with Gasteiger partial charge < -0.3 is 19.7 Å². The number of halogens is 1. The van der Waals surface area contributed by atoms with Gasteiger partial charge in [-0.3, -0.25) is 9.59 Å². The van der Waals surface area contributed by atoms with Gasteiger partial charge in [-0.25, -0.2) is 0 Å². The fraction of sp³-hybridized carbons (Fsp3) is 0.273. The molecule has 29 heavy (non-hydrogen) atoms. The SMILES string of the molecule is O=C(NC1CCN(C(=O)/C=C/c2cc(Cl)c3c(c2)OCO3)CC1)c1ccccc1. The molecule has 150 valence electrons. The molecule has 0 saturated carbocycles. The zero-order valence-electron chi connectivity index (χ0n) is 15.8. The molecule has 4 rings (SSSR count). The smallest absolute Gasteiger partial charge is 0.251 e. The summed E-state index contributed by atoms with van der Waals surface area (Å²) in [6.45, 7) is 1.35. The predicted octanol–water partition coefficient (Wildman–Crippen LogP) is 3.50. The van der Waals surface area contributed by atoms with Crippen molar-refractivity contribution in [3.8, 4) is 11.5 Å². The van der Waals surface area contributed by atoms with Crippen molar-refractivity contribution >= 4 is 29.5 Å². The van der Waals surface area contributed by atoms with Crippen LogP contribution in [0.25, 0.3) is 6.08 Å². The normalized spacial score (nSPS) is 16.2. The largest absolute Gasteiger partial charge is 0.454 e. The average molecular weight is 413 g/mol. The second-order valence-corrected chi connectivity index (χ2v) is 7.42. The van der Waals surface area contributed by atoms with E-state index in [0.717, 1.165) is 18.4 Å². The lowest BCUT2D eigenvalue weighted by Gasteiger charge is -2.31. The van der Waals surface area contributed by atoms with Crippen molar-refractivity contribution < 1.29 is 19.1 Å². The quantitative estimate of drug-likeness (QED) is 0.780. The van der Waals surface area contributed by atoms with Gasteiger partial charge in [0.25, 0.3) is 5.91 Å². The number of ether oxygens (including phenoxy) is 2. The third-order valence-electron chi connectivity index (χ3n) is 5.05. The first-order valence-corrected chi connectivity index (χ1v) is 9.90. The maximum absolute atomic E-state index is 12.5. The highest BCUT2D eigenvalue weighted by molar-refractivity contribution is 6.32. The molecule has 2 aromatic rings. The highest BCUT2D eigenvalue weighted by atomic mass is 35.5. The zero-order chi connectivity index (χ0) is 20.2. The summed E-state index contributed by atoms with van der Waals surface area (Å²) < 4.78 is 10.6. The Kier molecular flexibility index (Phi) is 5.71. The van der Waals surface area contributed by atoms with Gasteiger partial charge in [0.2, 0.25) is 12.7 Å². The molecule has 0 radical (unpaired) electrons. The van der Waals surface area contributed by atoms with Crippen LogP contribution in [0.5, 0.6) is 11.5 Å². The summed E-state index contributed by atoms with van der Waals surface area (Å²) in [7, 11) is 0. The van der Waals surface area contributed by atoms with Gasteiger partial charge in [0.15, 0.2) is 11.5 Å². The molecule has 0 aliphatic carbocycles. The van der Waals surface area contributed by atoms with Crippen molar-refractivity contribution in [1.82, 2.24) is 10.2 Å². The van der Waals surface area contributed by atoms with Gasteiger partial charge >= 0.3 is 0 Å². The van der Waals surface area contributed by atoms with Crippen molar-refractivity contribution in [2.75, 3.05) is 19.9 Å². The predicted molar refractivity (Wildman–Crippen MR) is 110 cm³/mol. The number of likely N-dealkylation sites (tertiary alicyclic amines) is 1. The van der Waals surface area contributed by atoms with Crippen molar-refractivity contribution in [2.24, 2.45) is 0 Å². The maximum atomic E-state index is 12.5. The molecule has 2 aliphatic rings. The van der Waals surface area contributed by atoms with Crippen molar-refractivity contribution in [3.05, 3.63) is 64.7 Å². The first-order chi connectivity index (χ1) is 14.1. The van der Waals surface area contributed by atoms with Gasteiger partial charge in [-0.05, 0) is 48.7 Å². The van der Waals surface area contributed by atoms with Crippen molar-refractivity contribution in [3.63, 3.8) is 0 Å². The minimum absolute atomic E-state index is 0.0633. The molecular formula is C22H21ClN2O4. The van der Waals surface area contributed by atoms with Gasteiger partial charge in [-0.15, -0.1) is 0 Å². The van der Waals surface area contributed by atoms with E-state index in [1.807, 2.05) is 18.2 Å². The maximum Gasteiger partial charge on any atom is 0.251 e. The molecule has 2 amide bonds. The molecule has 0 atom stereocenters. The number of nitrogens with one attached hydrogen (secondary N) is 1. The molecule has 7 heteroatoms. The lowest BCUT2D eigenvalue weighted by atomic mass is 10.0. The third kappa shape index (κ3) is 4.54. The molecule has 6 nitrogen and oxygen atoms in total. The number of nitrogens with zero attached hydrogens (tertiary/aromatic N) is 1. The van der Waals surface area contributed by atoms with Gasteiger partial charge in [-0.2, -0.15) is 0 Å². The second-order valence-electron chi connectivity index (χ2n) is 7.01. The molecule has 2 aliphatic heterocycles. The molecule has 0 spiro atoms. The Balaban J connectivity index is 1.30. The van der Waals surface area contributed by atoms with Crippen LogP contribution in [0.1, 0.15) is 28.8 Å². The first-order valence-electron chi connectivity index (χ1n) is 9.52. The van der Waals surface area contributed by atoms with Crippen LogP contribution in [0.2, 0.25) is 5.02 Å². The minimum Gasteiger partial charge on any atom is -0.454 e. The highest BCUT2D eigenvalue weighted by Gasteiger charge is 2.23. The number of benzene rings is 2. The number of hydrogen-bond donors (Lipinski definition) is 1. The number of amides is 2. The number of rotatable bonds is 4. The fourth-order valence-electron chi connectivity index (χ4n) is 3.46. The monoisotopic (exact) mass is 412 g/mol. The van der Waals surface area contributed by atoms with Gasteiger partial charge in [0.1, 0.15) is 0 Å². The molecule has 1 saturated heterocycles.